The number of urea groups is 1. The maximum atomic E-state index is 12.8. The van der Waals surface area contributed by atoms with Crippen LogP contribution in [0.15, 0.2) is 71.8 Å². The first-order valence-corrected chi connectivity index (χ1v) is 13.1. The molecule has 5 rings (SSSR count). The summed E-state index contributed by atoms with van der Waals surface area (Å²) < 4.78 is 30.9. The lowest BCUT2D eigenvalue weighted by Gasteiger charge is -2.14. The number of carbonyl (C=O) groups excluding carboxylic acids is 1. The van der Waals surface area contributed by atoms with Gasteiger partial charge < -0.3 is 19.8 Å². The van der Waals surface area contributed by atoms with Crippen molar-refractivity contribution in [2.24, 2.45) is 0 Å². The SMILES string of the molecule is O=C(NCc1ccccn1)Nc1nc2cc(OS(=O)(=O)c3ccc(NC4CCCC4)cc3)ccc2[nH]1. The predicted molar refractivity (Wildman–Crippen MR) is 136 cm³/mol. The van der Waals surface area contributed by atoms with Crippen molar-refractivity contribution >= 4 is 38.8 Å². The summed E-state index contributed by atoms with van der Waals surface area (Å²) in [7, 11) is -4.02. The monoisotopic (exact) mass is 506 g/mol. The number of fused-ring (bicyclic) bond motifs is 1. The lowest BCUT2D eigenvalue weighted by Crippen LogP contribution is -2.28. The zero-order valence-corrected chi connectivity index (χ0v) is 20.2. The van der Waals surface area contributed by atoms with E-state index in [-0.39, 0.29) is 23.1 Å². The number of imidazole rings is 1. The van der Waals surface area contributed by atoms with Gasteiger partial charge in [-0.15, -0.1) is 0 Å². The van der Waals surface area contributed by atoms with Crippen LogP contribution in [0.5, 0.6) is 5.75 Å². The van der Waals surface area contributed by atoms with Gasteiger partial charge >= 0.3 is 16.1 Å². The number of aromatic nitrogens is 3. The highest BCUT2D eigenvalue weighted by Crippen LogP contribution is 2.26. The Morgan fingerprint density at radius 2 is 1.86 bits per heavy atom. The lowest BCUT2D eigenvalue weighted by molar-refractivity contribution is 0.251. The van der Waals surface area contributed by atoms with E-state index in [2.05, 4.69) is 30.9 Å². The van der Waals surface area contributed by atoms with Crippen LogP contribution < -0.4 is 20.1 Å². The minimum Gasteiger partial charge on any atom is -0.382 e. The van der Waals surface area contributed by atoms with Crippen molar-refractivity contribution in [3.63, 3.8) is 0 Å². The third-order valence-electron chi connectivity index (χ3n) is 5.92. The Kier molecular flexibility index (Phi) is 6.72. The van der Waals surface area contributed by atoms with Gasteiger partial charge in [0.25, 0.3) is 0 Å². The fraction of sp³-hybridized carbons (Fsp3) is 0.240. The molecule has 1 aliphatic carbocycles. The maximum Gasteiger partial charge on any atom is 0.339 e. The summed E-state index contributed by atoms with van der Waals surface area (Å²) in [6.45, 7) is 0.264. The number of anilines is 2. The van der Waals surface area contributed by atoms with Crippen molar-refractivity contribution in [2.75, 3.05) is 10.6 Å². The number of amides is 2. The molecule has 11 heteroatoms. The van der Waals surface area contributed by atoms with Crippen molar-refractivity contribution in [2.45, 2.75) is 43.2 Å². The average molecular weight is 507 g/mol. The summed E-state index contributed by atoms with van der Waals surface area (Å²) in [6.07, 6.45) is 6.35. The number of carbonyl (C=O) groups is 1. The number of nitrogens with one attached hydrogen (secondary N) is 4. The predicted octanol–water partition coefficient (Wildman–Crippen LogP) is 4.40. The van der Waals surface area contributed by atoms with Gasteiger partial charge in [-0.1, -0.05) is 18.9 Å². The highest BCUT2D eigenvalue weighted by Gasteiger charge is 2.19. The molecule has 4 N–H and O–H groups in total. The molecule has 2 amide bonds. The van der Waals surface area contributed by atoms with Crippen molar-refractivity contribution in [1.29, 1.82) is 0 Å². The van der Waals surface area contributed by atoms with E-state index in [9.17, 15) is 13.2 Å². The number of benzene rings is 2. The van der Waals surface area contributed by atoms with Gasteiger partial charge in [-0.3, -0.25) is 10.3 Å². The summed E-state index contributed by atoms with van der Waals surface area (Å²) in [5.41, 5.74) is 2.67. The van der Waals surface area contributed by atoms with Gasteiger partial charge in [-0.2, -0.15) is 8.42 Å². The van der Waals surface area contributed by atoms with Crippen LogP contribution in [0.2, 0.25) is 0 Å². The van der Waals surface area contributed by atoms with Crippen LogP contribution in [-0.2, 0) is 16.7 Å². The minimum atomic E-state index is -4.02. The van der Waals surface area contributed by atoms with Crippen LogP contribution in [0.1, 0.15) is 31.4 Å². The molecule has 2 aromatic carbocycles. The van der Waals surface area contributed by atoms with Gasteiger partial charge in [0.2, 0.25) is 5.95 Å². The molecule has 0 aliphatic heterocycles. The van der Waals surface area contributed by atoms with E-state index in [0.717, 1.165) is 24.2 Å². The second kappa shape index (κ2) is 10.2. The molecule has 0 spiro atoms. The maximum absolute atomic E-state index is 12.8. The highest BCUT2D eigenvalue weighted by atomic mass is 32.2. The molecule has 4 aromatic rings. The average Bonchev–Trinajstić information content (AvgIpc) is 3.52. The molecule has 0 bridgehead atoms. The molecular weight excluding hydrogens is 480 g/mol. The fourth-order valence-corrected chi connectivity index (χ4v) is 5.04. The van der Waals surface area contributed by atoms with Crippen LogP contribution in [0.25, 0.3) is 11.0 Å². The summed E-state index contributed by atoms with van der Waals surface area (Å²) in [5.74, 6) is 0.335. The molecule has 1 fully saturated rings. The van der Waals surface area contributed by atoms with E-state index in [4.69, 9.17) is 4.18 Å². The van der Waals surface area contributed by atoms with E-state index in [1.54, 1.807) is 36.5 Å². The second-order valence-electron chi connectivity index (χ2n) is 8.58. The Labute approximate surface area is 208 Å². The zero-order chi connectivity index (χ0) is 25.0. The largest absolute Gasteiger partial charge is 0.382 e. The molecule has 36 heavy (non-hydrogen) atoms. The van der Waals surface area contributed by atoms with Crippen LogP contribution >= 0.6 is 0 Å². The molecule has 10 nitrogen and oxygen atoms in total. The smallest absolute Gasteiger partial charge is 0.339 e. The molecule has 2 heterocycles. The molecule has 186 valence electrons. The van der Waals surface area contributed by atoms with Crippen molar-refractivity contribution in [3.05, 3.63) is 72.6 Å². The van der Waals surface area contributed by atoms with Crippen molar-refractivity contribution < 1.29 is 17.4 Å². The first-order valence-electron chi connectivity index (χ1n) is 11.7. The van der Waals surface area contributed by atoms with E-state index in [1.807, 2.05) is 6.07 Å². The van der Waals surface area contributed by atoms with Crippen LogP contribution in [0, 0.1) is 0 Å². The Morgan fingerprint density at radius 1 is 1.06 bits per heavy atom. The second-order valence-corrected chi connectivity index (χ2v) is 10.1. The van der Waals surface area contributed by atoms with E-state index < -0.39 is 16.1 Å². The third-order valence-corrected chi connectivity index (χ3v) is 7.18. The van der Waals surface area contributed by atoms with Crippen molar-refractivity contribution in [3.8, 4) is 5.75 Å². The summed E-state index contributed by atoms with van der Waals surface area (Å²) in [4.78, 5) is 23.7. The molecule has 2 aromatic heterocycles. The van der Waals surface area contributed by atoms with E-state index in [0.29, 0.717) is 17.1 Å². The Hall–Kier alpha value is -4.12. The molecule has 0 saturated heterocycles. The number of nitrogens with zero attached hydrogens (tertiary/aromatic N) is 2. The van der Waals surface area contributed by atoms with Crippen LogP contribution in [0.4, 0.5) is 16.4 Å². The van der Waals surface area contributed by atoms with Gasteiger partial charge in [0.15, 0.2) is 0 Å². The first-order chi connectivity index (χ1) is 17.4. The Morgan fingerprint density at radius 3 is 2.61 bits per heavy atom. The van der Waals surface area contributed by atoms with Gasteiger partial charge in [-0.05, 0) is 61.4 Å². The van der Waals surface area contributed by atoms with Crippen molar-refractivity contribution in [1.82, 2.24) is 20.3 Å². The number of aromatic amines is 1. The van der Waals surface area contributed by atoms with Gasteiger partial charge in [0.1, 0.15) is 10.6 Å². The molecular formula is C25H26N6O4S. The molecule has 0 radical (unpaired) electrons. The standard InChI is InChI=1S/C25H26N6O4S/c32-25(27-16-19-7-3-4-14-26-19)31-24-29-22-13-10-20(15-23(22)30-24)35-36(33,34)21-11-8-18(9-12-21)28-17-5-1-2-6-17/h3-4,7-15,17,28H,1-2,5-6,16H2,(H3,27,29,30,31,32). The first kappa shape index (κ1) is 23.6. The summed E-state index contributed by atoms with van der Waals surface area (Å²) in [5, 5.41) is 8.75. The van der Waals surface area contributed by atoms with E-state index in [1.165, 1.54) is 37.1 Å². The fourth-order valence-electron chi connectivity index (χ4n) is 4.12. The highest BCUT2D eigenvalue weighted by molar-refractivity contribution is 7.87. The number of hydrogen-bond acceptors (Lipinski definition) is 7. The number of rotatable bonds is 8. The molecule has 0 atom stereocenters. The lowest BCUT2D eigenvalue weighted by atomic mass is 10.2. The molecule has 1 aliphatic rings. The minimum absolute atomic E-state index is 0.0635. The normalized spacial score (nSPS) is 14.0. The topological polar surface area (TPSA) is 138 Å². The third kappa shape index (κ3) is 5.74. The number of pyridine rings is 1. The summed E-state index contributed by atoms with van der Waals surface area (Å²) in [6, 6.07) is 16.7. The molecule has 1 saturated carbocycles. The number of H-pyrrole nitrogens is 1. The molecule has 0 unspecified atom stereocenters. The van der Waals surface area contributed by atoms with Crippen LogP contribution in [-0.4, -0.2) is 35.4 Å². The Bertz CT molecular complexity index is 1450. The van der Waals surface area contributed by atoms with E-state index >= 15 is 0 Å². The summed E-state index contributed by atoms with van der Waals surface area (Å²) >= 11 is 0. The quantitative estimate of drug-likeness (QED) is 0.260. The Balaban J connectivity index is 1.21. The zero-order valence-electron chi connectivity index (χ0n) is 19.4. The number of hydrogen-bond donors (Lipinski definition) is 4. The van der Waals surface area contributed by atoms with Gasteiger partial charge in [-0.25, -0.2) is 9.78 Å². The van der Waals surface area contributed by atoms with Crippen LogP contribution in [0.3, 0.4) is 0 Å². The van der Waals surface area contributed by atoms with Gasteiger partial charge in [0.05, 0.1) is 23.3 Å². The van der Waals surface area contributed by atoms with Gasteiger partial charge in [0, 0.05) is 24.0 Å².